The second-order valence-electron chi connectivity index (χ2n) is 4.04. The number of pyridine rings is 1. The Morgan fingerprint density at radius 3 is 2.80 bits per heavy atom. The van der Waals surface area contributed by atoms with Gasteiger partial charge in [-0.15, -0.1) is 0 Å². The largest absolute Gasteiger partial charge is 0.250 e. The van der Waals surface area contributed by atoms with Crippen LogP contribution in [0.2, 0.25) is 10.2 Å². The molecule has 0 aliphatic carbocycles. The molecule has 0 aliphatic rings. The lowest BCUT2D eigenvalue weighted by atomic mass is 10.4. The highest BCUT2D eigenvalue weighted by Gasteiger charge is 2.10. The number of rotatable bonds is 3. The molecule has 20 heavy (non-hydrogen) atoms. The zero-order chi connectivity index (χ0) is 14.1. The third-order valence-corrected chi connectivity index (χ3v) is 4.09. The molecule has 0 saturated heterocycles. The van der Waals surface area contributed by atoms with Gasteiger partial charge in [-0.1, -0.05) is 35.0 Å². The minimum atomic E-state index is 0.419. The number of halogens is 2. The van der Waals surface area contributed by atoms with Gasteiger partial charge in [-0.25, -0.2) is 15.0 Å². The third-order valence-electron chi connectivity index (χ3n) is 2.64. The molecule has 8 heteroatoms. The lowest BCUT2D eigenvalue weighted by Gasteiger charge is -2.02. The minimum absolute atomic E-state index is 0.419. The van der Waals surface area contributed by atoms with Crippen molar-refractivity contribution in [2.45, 2.75) is 10.8 Å². The number of nitrogens with zero attached hydrogens (tertiary/aromatic N) is 5. The van der Waals surface area contributed by atoms with Gasteiger partial charge in [0.1, 0.15) is 11.0 Å². The van der Waals surface area contributed by atoms with Crippen LogP contribution in [0.1, 0.15) is 5.82 Å². The van der Waals surface area contributed by atoms with E-state index in [-0.39, 0.29) is 0 Å². The standard InChI is InChI=1S/C12H9Cl2N5S/c1-19-12-8(5-16-19)11(14)17-9(18-12)6-20-10-3-2-7(13)4-15-10/h2-5H,6H2,1H3. The Morgan fingerprint density at radius 1 is 1.20 bits per heavy atom. The highest BCUT2D eigenvalue weighted by Crippen LogP contribution is 2.24. The summed E-state index contributed by atoms with van der Waals surface area (Å²) in [4.78, 5) is 12.9. The molecule has 0 spiro atoms. The molecule has 0 fully saturated rings. The zero-order valence-corrected chi connectivity index (χ0v) is 12.7. The van der Waals surface area contributed by atoms with E-state index >= 15 is 0 Å². The average molecular weight is 326 g/mol. The summed E-state index contributed by atoms with van der Waals surface area (Å²) in [6.45, 7) is 0. The molecule has 0 aromatic carbocycles. The summed E-state index contributed by atoms with van der Waals surface area (Å²) in [5, 5.41) is 6.77. The van der Waals surface area contributed by atoms with Crippen molar-refractivity contribution in [1.29, 1.82) is 0 Å². The molecule has 3 rings (SSSR count). The molecule has 0 radical (unpaired) electrons. The molecule has 0 amide bonds. The second-order valence-corrected chi connectivity index (χ2v) is 5.83. The number of hydrogen-bond acceptors (Lipinski definition) is 5. The Hall–Kier alpha value is -1.37. The molecular formula is C12H9Cl2N5S. The SMILES string of the molecule is Cn1ncc2c(Cl)nc(CSc3ccc(Cl)cn3)nc21. The van der Waals surface area contributed by atoms with E-state index in [0.717, 1.165) is 16.1 Å². The van der Waals surface area contributed by atoms with E-state index in [1.807, 2.05) is 13.1 Å². The molecule has 0 N–H and O–H groups in total. The highest BCUT2D eigenvalue weighted by atomic mass is 35.5. The van der Waals surface area contributed by atoms with Crippen molar-refractivity contribution in [3.05, 3.63) is 40.5 Å². The normalized spacial score (nSPS) is 11.2. The van der Waals surface area contributed by atoms with Crippen LogP contribution in [0.15, 0.2) is 29.6 Å². The molecule has 3 heterocycles. The lowest BCUT2D eigenvalue weighted by molar-refractivity contribution is 0.782. The van der Waals surface area contributed by atoms with Crippen LogP contribution in [0.4, 0.5) is 0 Å². The van der Waals surface area contributed by atoms with Gasteiger partial charge in [0.05, 0.1) is 27.4 Å². The maximum absolute atomic E-state index is 6.13. The van der Waals surface area contributed by atoms with Crippen LogP contribution in [0.5, 0.6) is 0 Å². The van der Waals surface area contributed by atoms with Gasteiger partial charge in [-0.2, -0.15) is 5.10 Å². The summed E-state index contributed by atoms with van der Waals surface area (Å²) in [6, 6.07) is 3.66. The van der Waals surface area contributed by atoms with E-state index in [9.17, 15) is 0 Å². The van der Waals surface area contributed by atoms with E-state index in [4.69, 9.17) is 23.2 Å². The molecule has 0 saturated carbocycles. The number of thioether (sulfide) groups is 1. The predicted octanol–water partition coefficient (Wildman–Crippen LogP) is 3.36. The number of aryl methyl sites for hydroxylation is 1. The van der Waals surface area contributed by atoms with Crippen molar-refractivity contribution in [2.24, 2.45) is 7.05 Å². The van der Waals surface area contributed by atoms with Crippen LogP contribution in [0, 0.1) is 0 Å². The third kappa shape index (κ3) is 2.72. The topological polar surface area (TPSA) is 56.5 Å². The first-order valence-corrected chi connectivity index (χ1v) is 7.46. The van der Waals surface area contributed by atoms with E-state index in [2.05, 4.69) is 20.1 Å². The summed E-state index contributed by atoms with van der Waals surface area (Å²) >= 11 is 13.5. The fourth-order valence-corrected chi connectivity index (χ4v) is 2.72. The van der Waals surface area contributed by atoms with Crippen LogP contribution in [-0.4, -0.2) is 24.7 Å². The molecule has 5 nitrogen and oxygen atoms in total. The number of aromatic nitrogens is 5. The van der Waals surface area contributed by atoms with E-state index in [1.54, 1.807) is 23.1 Å². The first kappa shape index (κ1) is 13.6. The molecule has 0 bridgehead atoms. The monoisotopic (exact) mass is 325 g/mol. The summed E-state index contributed by atoms with van der Waals surface area (Å²) in [7, 11) is 1.82. The highest BCUT2D eigenvalue weighted by molar-refractivity contribution is 7.98. The Bertz CT molecular complexity index is 756. The minimum Gasteiger partial charge on any atom is -0.250 e. The Labute approximate surface area is 129 Å². The van der Waals surface area contributed by atoms with Gasteiger partial charge in [-0.05, 0) is 12.1 Å². The van der Waals surface area contributed by atoms with Gasteiger partial charge in [-0.3, -0.25) is 4.68 Å². The summed E-state index contributed by atoms with van der Waals surface area (Å²) in [5.41, 5.74) is 0.727. The fraction of sp³-hybridized carbons (Fsp3) is 0.167. The van der Waals surface area contributed by atoms with Gasteiger partial charge in [0.2, 0.25) is 0 Å². The Morgan fingerprint density at radius 2 is 2.05 bits per heavy atom. The Kier molecular flexibility index (Phi) is 3.78. The van der Waals surface area contributed by atoms with Crippen LogP contribution >= 0.6 is 35.0 Å². The maximum Gasteiger partial charge on any atom is 0.162 e. The van der Waals surface area contributed by atoms with E-state index in [1.165, 1.54) is 11.8 Å². The second kappa shape index (κ2) is 5.55. The fourth-order valence-electron chi connectivity index (χ4n) is 1.68. The molecule has 3 aromatic rings. The van der Waals surface area contributed by atoms with Crippen LogP contribution < -0.4 is 0 Å². The van der Waals surface area contributed by atoms with Crippen molar-refractivity contribution in [3.63, 3.8) is 0 Å². The summed E-state index contributed by atoms with van der Waals surface area (Å²) < 4.78 is 1.68. The quantitative estimate of drug-likeness (QED) is 0.546. The summed E-state index contributed by atoms with van der Waals surface area (Å²) in [6.07, 6.45) is 3.28. The maximum atomic E-state index is 6.13. The van der Waals surface area contributed by atoms with Crippen LogP contribution in [0.3, 0.4) is 0 Å². The van der Waals surface area contributed by atoms with Crippen molar-refractivity contribution < 1.29 is 0 Å². The van der Waals surface area contributed by atoms with Crippen molar-refractivity contribution in [2.75, 3.05) is 0 Å². The van der Waals surface area contributed by atoms with Gasteiger partial charge in [0.25, 0.3) is 0 Å². The van der Waals surface area contributed by atoms with E-state index in [0.29, 0.717) is 21.8 Å². The summed E-state index contributed by atoms with van der Waals surface area (Å²) in [5.74, 6) is 1.22. The molecule has 102 valence electrons. The number of hydrogen-bond donors (Lipinski definition) is 0. The van der Waals surface area contributed by atoms with Gasteiger partial charge in [0.15, 0.2) is 5.65 Å². The average Bonchev–Trinajstić information content (AvgIpc) is 2.81. The first-order valence-electron chi connectivity index (χ1n) is 5.72. The van der Waals surface area contributed by atoms with Crippen LogP contribution in [0.25, 0.3) is 11.0 Å². The first-order chi connectivity index (χ1) is 9.63. The molecule has 0 aliphatic heterocycles. The van der Waals surface area contributed by atoms with Gasteiger partial charge < -0.3 is 0 Å². The van der Waals surface area contributed by atoms with Crippen LogP contribution in [-0.2, 0) is 12.8 Å². The number of fused-ring (bicyclic) bond motifs is 1. The predicted molar refractivity (Wildman–Crippen MR) is 80.1 cm³/mol. The van der Waals surface area contributed by atoms with Crippen molar-refractivity contribution in [3.8, 4) is 0 Å². The van der Waals surface area contributed by atoms with Gasteiger partial charge in [0, 0.05) is 13.2 Å². The molecular weight excluding hydrogens is 317 g/mol. The van der Waals surface area contributed by atoms with Crippen molar-refractivity contribution in [1.82, 2.24) is 24.7 Å². The Balaban J connectivity index is 1.83. The smallest absolute Gasteiger partial charge is 0.162 e. The van der Waals surface area contributed by atoms with E-state index < -0.39 is 0 Å². The van der Waals surface area contributed by atoms with Gasteiger partial charge >= 0.3 is 0 Å². The molecule has 0 atom stereocenters. The zero-order valence-electron chi connectivity index (χ0n) is 10.4. The lowest BCUT2D eigenvalue weighted by Crippen LogP contribution is -1.98. The van der Waals surface area contributed by atoms with Crippen molar-refractivity contribution >= 4 is 46.0 Å². The molecule has 0 unspecified atom stereocenters. The molecule has 3 aromatic heterocycles.